The molecule has 0 amide bonds. The predicted molar refractivity (Wildman–Crippen MR) is 176 cm³/mol. The van der Waals surface area contributed by atoms with E-state index in [2.05, 4.69) is 20.8 Å². The van der Waals surface area contributed by atoms with E-state index in [1.807, 2.05) is 60.7 Å². The molecule has 2 aliphatic rings. The van der Waals surface area contributed by atoms with Gasteiger partial charge in [-0.25, -0.2) is 0 Å². The minimum Gasteiger partial charge on any atom is -0.507 e. The monoisotopic (exact) mass is 634 g/mol. The number of ether oxygens (including phenoxy) is 1. The fourth-order valence-corrected chi connectivity index (χ4v) is 11.3. The van der Waals surface area contributed by atoms with Gasteiger partial charge in [-0.15, -0.1) is 0 Å². The molecule has 0 heterocycles. The Hall–Kier alpha value is -4.83. The van der Waals surface area contributed by atoms with Gasteiger partial charge in [0.15, 0.2) is 11.6 Å². The van der Waals surface area contributed by atoms with Crippen LogP contribution in [0.5, 0.6) is 17.2 Å². The highest BCUT2D eigenvalue weighted by Crippen LogP contribution is 2.50. The second kappa shape index (κ2) is 11.5. The number of phenolic OH excluding ortho intramolecular Hbond substituents is 2. The van der Waals surface area contributed by atoms with Gasteiger partial charge in [0.05, 0.1) is 36.5 Å². The fraction of sp³-hybridized carbons (Fsp3) is 0.216. The van der Waals surface area contributed by atoms with Crippen molar-refractivity contribution in [3.8, 4) is 17.2 Å². The average Bonchev–Trinajstić information content (AvgIpc) is 3.05. The average molecular weight is 635 g/mol. The number of hydrogen-bond acceptors (Lipinski definition) is 8. The summed E-state index contributed by atoms with van der Waals surface area (Å²) in [6, 6.07) is 24.2. The molecule has 0 unspecified atom stereocenters. The van der Waals surface area contributed by atoms with E-state index in [1.54, 1.807) is 6.07 Å². The Morgan fingerprint density at radius 2 is 1.41 bits per heavy atom. The Balaban J connectivity index is 1.41. The minimum absolute atomic E-state index is 0.0156. The number of carbonyl (C=O) groups is 3. The molecule has 0 spiro atoms. The van der Waals surface area contributed by atoms with Crippen LogP contribution < -0.4 is 15.1 Å². The van der Waals surface area contributed by atoms with Crippen molar-refractivity contribution in [2.45, 2.75) is 38.3 Å². The highest BCUT2D eigenvalue weighted by atomic mass is 28.4. The van der Waals surface area contributed by atoms with Crippen LogP contribution in [0, 0.1) is 0 Å². The number of methoxy groups -OCH3 is 1. The molecule has 0 fully saturated rings. The third-order valence-electron chi connectivity index (χ3n) is 8.96. The van der Waals surface area contributed by atoms with Gasteiger partial charge >= 0.3 is 0 Å². The number of hydrogen-bond donors (Lipinski definition) is 3. The number of rotatable bonds is 7. The molecular formula is C37H34O8Si. The van der Waals surface area contributed by atoms with E-state index >= 15 is 0 Å². The molecule has 8 nitrogen and oxygen atoms in total. The van der Waals surface area contributed by atoms with Gasteiger partial charge in [0.25, 0.3) is 8.32 Å². The van der Waals surface area contributed by atoms with Crippen molar-refractivity contribution in [3.63, 3.8) is 0 Å². The van der Waals surface area contributed by atoms with Gasteiger partial charge in [-0.1, -0.05) is 93.6 Å². The van der Waals surface area contributed by atoms with Crippen molar-refractivity contribution >= 4 is 42.1 Å². The Morgan fingerprint density at radius 1 is 0.826 bits per heavy atom. The van der Waals surface area contributed by atoms with E-state index in [-0.39, 0.29) is 57.2 Å². The molecule has 0 aliphatic heterocycles. The molecular weight excluding hydrogens is 600 g/mol. The van der Waals surface area contributed by atoms with Crippen molar-refractivity contribution in [1.29, 1.82) is 0 Å². The molecule has 0 radical (unpaired) electrons. The Bertz CT molecular complexity index is 1880. The van der Waals surface area contributed by atoms with Crippen LogP contribution in [0.2, 0.25) is 5.04 Å². The minimum atomic E-state index is -3.05. The smallest absolute Gasteiger partial charge is 0.261 e. The first kappa shape index (κ1) is 31.2. The molecule has 9 heteroatoms. The maximum Gasteiger partial charge on any atom is 0.261 e. The Morgan fingerprint density at radius 3 is 1.98 bits per heavy atom. The summed E-state index contributed by atoms with van der Waals surface area (Å²) < 4.78 is 12.1. The lowest BCUT2D eigenvalue weighted by Crippen LogP contribution is -2.67. The molecule has 0 saturated carbocycles. The first-order valence-corrected chi connectivity index (χ1v) is 16.9. The molecule has 2 aliphatic carbocycles. The number of benzene rings is 4. The van der Waals surface area contributed by atoms with Crippen molar-refractivity contribution in [3.05, 3.63) is 118 Å². The van der Waals surface area contributed by atoms with Crippen molar-refractivity contribution in [2.24, 2.45) is 0 Å². The topological polar surface area (TPSA) is 130 Å². The summed E-state index contributed by atoms with van der Waals surface area (Å²) in [5, 5.41) is 35.6. The van der Waals surface area contributed by atoms with Crippen LogP contribution in [0.25, 0.3) is 6.08 Å². The van der Waals surface area contributed by atoms with E-state index in [0.717, 1.165) is 10.4 Å². The molecule has 6 rings (SSSR count). The maximum atomic E-state index is 13.9. The van der Waals surface area contributed by atoms with Crippen LogP contribution in [-0.2, 0) is 9.22 Å². The van der Waals surface area contributed by atoms with Gasteiger partial charge in [0, 0.05) is 28.7 Å². The molecule has 0 saturated heterocycles. The number of aliphatic hydroxyl groups excluding tert-OH is 1. The summed E-state index contributed by atoms with van der Waals surface area (Å²) in [6.45, 7) is 5.99. The van der Waals surface area contributed by atoms with Crippen LogP contribution in [0.15, 0.2) is 84.4 Å². The molecule has 0 bridgehead atoms. The molecule has 0 aromatic heterocycles. The van der Waals surface area contributed by atoms with Crippen molar-refractivity contribution < 1.29 is 38.9 Å². The van der Waals surface area contributed by atoms with Gasteiger partial charge < -0.3 is 24.5 Å². The van der Waals surface area contributed by atoms with E-state index in [4.69, 9.17) is 9.16 Å². The predicted octanol–water partition coefficient (Wildman–Crippen LogP) is 4.85. The lowest BCUT2D eigenvalue weighted by molar-refractivity contribution is -0.118. The number of Topliss-reactive ketones (excluding diaryl/α,β-unsaturated/α-hetero) is 1. The summed E-state index contributed by atoms with van der Waals surface area (Å²) in [4.78, 5) is 41.1. The number of aromatic hydroxyl groups is 2. The molecule has 3 N–H and O–H groups in total. The summed E-state index contributed by atoms with van der Waals surface area (Å²) in [6.07, 6.45) is -0.262. The third kappa shape index (κ3) is 4.70. The second-order valence-electron chi connectivity index (χ2n) is 12.6. The largest absolute Gasteiger partial charge is 0.507 e. The van der Waals surface area contributed by atoms with E-state index < -0.39 is 48.8 Å². The van der Waals surface area contributed by atoms with Crippen LogP contribution >= 0.6 is 0 Å². The summed E-state index contributed by atoms with van der Waals surface area (Å²) >= 11 is 0. The quantitative estimate of drug-likeness (QED) is 0.171. The zero-order chi connectivity index (χ0) is 33.0. The van der Waals surface area contributed by atoms with Crippen molar-refractivity contribution in [2.75, 3.05) is 13.7 Å². The first-order valence-electron chi connectivity index (χ1n) is 15.0. The fourth-order valence-electron chi connectivity index (χ4n) is 6.84. The first-order chi connectivity index (χ1) is 21.9. The maximum absolute atomic E-state index is 13.9. The van der Waals surface area contributed by atoms with Crippen LogP contribution in [0.4, 0.5) is 0 Å². The van der Waals surface area contributed by atoms with Crippen LogP contribution in [0.3, 0.4) is 0 Å². The lowest BCUT2D eigenvalue weighted by Gasteiger charge is -2.43. The second-order valence-corrected chi connectivity index (χ2v) is 16.9. The van der Waals surface area contributed by atoms with E-state index in [1.165, 1.54) is 25.3 Å². The number of phenols is 2. The molecule has 234 valence electrons. The molecule has 4 aromatic carbocycles. The van der Waals surface area contributed by atoms with Gasteiger partial charge in [-0.2, -0.15) is 0 Å². The highest BCUT2D eigenvalue weighted by Gasteiger charge is 2.50. The normalized spacial score (nSPS) is 15.8. The zero-order valence-corrected chi connectivity index (χ0v) is 27.0. The Kier molecular flexibility index (Phi) is 7.80. The van der Waals surface area contributed by atoms with Gasteiger partial charge in [-0.05, 0) is 27.6 Å². The summed E-state index contributed by atoms with van der Waals surface area (Å²) in [7, 11) is -1.70. The lowest BCUT2D eigenvalue weighted by atomic mass is 9.77. The SMILES string of the molecule is COc1cccc2c1C(=O)c1c(O)c3c(c(O)c1C2=O)C=C(C(=O)CO[Si](c1ccccc1)(c1ccccc1)C(C)(C)C)C[C@@H]3O. The summed E-state index contributed by atoms with van der Waals surface area (Å²) in [5.74, 6) is -2.87. The molecule has 1 atom stereocenters. The van der Waals surface area contributed by atoms with Crippen LogP contribution in [0.1, 0.15) is 76.3 Å². The van der Waals surface area contributed by atoms with Crippen LogP contribution in [-0.4, -0.2) is 54.7 Å². The number of fused-ring (bicyclic) bond motifs is 3. The van der Waals surface area contributed by atoms with Crippen molar-refractivity contribution in [1.82, 2.24) is 0 Å². The van der Waals surface area contributed by atoms with E-state index in [9.17, 15) is 29.7 Å². The van der Waals surface area contributed by atoms with Gasteiger partial charge in [0.1, 0.15) is 17.2 Å². The zero-order valence-electron chi connectivity index (χ0n) is 26.0. The van der Waals surface area contributed by atoms with E-state index in [0.29, 0.717) is 0 Å². The number of aliphatic hydroxyl groups is 1. The third-order valence-corrected chi connectivity index (χ3v) is 13.9. The molecule has 46 heavy (non-hydrogen) atoms. The van der Waals surface area contributed by atoms with Gasteiger partial charge in [-0.3, -0.25) is 14.4 Å². The highest BCUT2D eigenvalue weighted by molar-refractivity contribution is 6.99. The van der Waals surface area contributed by atoms with Gasteiger partial charge in [0.2, 0.25) is 5.78 Å². The number of carbonyl (C=O) groups excluding carboxylic acids is 3. The molecule has 4 aromatic rings. The standard InChI is InChI=1S/C37H34O8Si/c1-37(2,3)46(22-12-7-5-8-13-22,23-14-9-6-10-15-23)45-20-27(39)21-18-25-29(26(38)19-21)35(42)32-31(34(25)41)33(40)24-16-11-17-28(44-4)30(24)36(32)43/h5-18,26,38,41-42H,19-20H2,1-4H3/t26-/m0/s1. The number of ketones is 3. The summed E-state index contributed by atoms with van der Waals surface area (Å²) in [5.41, 5.74) is -0.866. The Labute approximate surface area is 267 Å².